The van der Waals surface area contributed by atoms with E-state index in [1.807, 2.05) is 0 Å². The molecule has 0 aliphatic carbocycles. The Bertz CT molecular complexity index is 1020. The fraction of sp³-hybridized carbons (Fsp3) is 0.227. The first-order valence-electron chi connectivity index (χ1n) is 9.33. The SMILES string of the molecule is C=CCN1C(=O)c2ccccc2N2C(=O)CC[C@@]12C(=O)Nc1cccc(OC)c1. The highest BCUT2D eigenvalue weighted by atomic mass is 16.5. The molecule has 148 valence electrons. The third-order valence-electron chi connectivity index (χ3n) is 5.38. The maximum atomic E-state index is 13.6. The van der Waals surface area contributed by atoms with Crippen LogP contribution in [0.1, 0.15) is 23.2 Å². The van der Waals surface area contributed by atoms with Crippen LogP contribution in [0.2, 0.25) is 0 Å². The van der Waals surface area contributed by atoms with Gasteiger partial charge in [-0.15, -0.1) is 6.58 Å². The van der Waals surface area contributed by atoms with Crippen LogP contribution in [0.4, 0.5) is 11.4 Å². The van der Waals surface area contributed by atoms with Crippen molar-refractivity contribution in [2.45, 2.75) is 18.5 Å². The summed E-state index contributed by atoms with van der Waals surface area (Å²) in [5.41, 5.74) is -0.0665. The number of amides is 3. The Hall–Kier alpha value is -3.61. The van der Waals surface area contributed by atoms with Gasteiger partial charge in [-0.2, -0.15) is 0 Å². The van der Waals surface area contributed by atoms with Gasteiger partial charge in [0.05, 0.1) is 18.4 Å². The zero-order valence-corrected chi connectivity index (χ0v) is 16.1. The molecule has 1 atom stereocenters. The molecule has 29 heavy (non-hydrogen) atoms. The molecule has 0 aromatic heterocycles. The van der Waals surface area contributed by atoms with Crippen molar-refractivity contribution in [3.8, 4) is 5.75 Å². The summed E-state index contributed by atoms with van der Waals surface area (Å²) >= 11 is 0. The summed E-state index contributed by atoms with van der Waals surface area (Å²) in [6.07, 6.45) is 1.93. The quantitative estimate of drug-likeness (QED) is 0.795. The average Bonchev–Trinajstić information content (AvgIpc) is 3.09. The van der Waals surface area contributed by atoms with Gasteiger partial charge in [0, 0.05) is 31.1 Å². The average molecular weight is 391 g/mol. The molecule has 0 radical (unpaired) electrons. The molecule has 2 aliphatic heterocycles. The number of fused-ring (bicyclic) bond motifs is 3. The first-order chi connectivity index (χ1) is 14.0. The van der Waals surface area contributed by atoms with Gasteiger partial charge in [-0.25, -0.2) is 0 Å². The van der Waals surface area contributed by atoms with E-state index >= 15 is 0 Å². The lowest BCUT2D eigenvalue weighted by Crippen LogP contribution is -2.69. The Balaban J connectivity index is 1.83. The maximum Gasteiger partial charge on any atom is 0.271 e. The molecule has 2 heterocycles. The van der Waals surface area contributed by atoms with Gasteiger partial charge in [-0.05, 0) is 24.3 Å². The Labute approximate surface area is 168 Å². The minimum absolute atomic E-state index is 0.141. The molecule has 0 bridgehead atoms. The number of rotatable bonds is 5. The van der Waals surface area contributed by atoms with Gasteiger partial charge in [-0.1, -0.05) is 24.3 Å². The monoisotopic (exact) mass is 391 g/mol. The van der Waals surface area contributed by atoms with E-state index in [1.165, 1.54) is 9.80 Å². The zero-order valence-electron chi connectivity index (χ0n) is 16.1. The third kappa shape index (κ3) is 2.77. The van der Waals surface area contributed by atoms with E-state index in [4.69, 9.17) is 4.74 Å². The van der Waals surface area contributed by atoms with Crippen molar-refractivity contribution in [1.29, 1.82) is 0 Å². The van der Waals surface area contributed by atoms with E-state index in [9.17, 15) is 14.4 Å². The second kappa shape index (κ2) is 7.09. The standard InChI is InChI=1S/C22H21N3O4/c1-3-13-24-20(27)17-9-4-5-10-18(17)25-19(26)11-12-22(24,25)21(28)23-15-7-6-8-16(14-15)29-2/h3-10,14H,1,11-13H2,2H3,(H,23,28)/t22-/m1/s1. The number of ether oxygens (including phenoxy) is 1. The number of benzene rings is 2. The summed E-state index contributed by atoms with van der Waals surface area (Å²) < 4.78 is 5.21. The molecule has 4 rings (SSSR count). The molecular formula is C22H21N3O4. The summed E-state index contributed by atoms with van der Waals surface area (Å²) in [6, 6.07) is 13.8. The third-order valence-corrected chi connectivity index (χ3v) is 5.38. The Morgan fingerprint density at radius 3 is 2.79 bits per heavy atom. The lowest BCUT2D eigenvalue weighted by molar-refractivity contribution is -0.128. The topological polar surface area (TPSA) is 79.0 Å². The normalized spacial score (nSPS) is 20.2. The summed E-state index contributed by atoms with van der Waals surface area (Å²) in [5, 5.41) is 2.87. The van der Waals surface area contributed by atoms with Crippen molar-refractivity contribution in [2.24, 2.45) is 0 Å². The van der Waals surface area contributed by atoms with Crippen molar-refractivity contribution in [2.75, 3.05) is 23.9 Å². The first-order valence-corrected chi connectivity index (χ1v) is 9.33. The van der Waals surface area contributed by atoms with Gasteiger partial charge in [-0.3, -0.25) is 19.3 Å². The minimum atomic E-state index is -1.44. The number of hydrogen-bond donors (Lipinski definition) is 1. The smallest absolute Gasteiger partial charge is 0.271 e. The number of para-hydroxylation sites is 1. The molecule has 1 saturated heterocycles. The maximum absolute atomic E-state index is 13.6. The van der Waals surface area contributed by atoms with E-state index < -0.39 is 11.6 Å². The second-order valence-corrected chi connectivity index (χ2v) is 6.95. The highest BCUT2D eigenvalue weighted by Gasteiger charge is 2.60. The number of nitrogens with one attached hydrogen (secondary N) is 1. The first kappa shape index (κ1) is 18.7. The molecule has 7 heteroatoms. The molecule has 3 amide bonds. The van der Waals surface area contributed by atoms with Gasteiger partial charge in [0.25, 0.3) is 11.8 Å². The predicted molar refractivity (Wildman–Crippen MR) is 109 cm³/mol. The molecule has 2 aromatic carbocycles. The second-order valence-electron chi connectivity index (χ2n) is 6.95. The van der Waals surface area contributed by atoms with Crippen LogP contribution in [0.3, 0.4) is 0 Å². The molecule has 7 nitrogen and oxygen atoms in total. The van der Waals surface area contributed by atoms with Crippen molar-refractivity contribution >= 4 is 29.1 Å². The van der Waals surface area contributed by atoms with Crippen LogP contribution in [0, 0.1) is 0 Å². The van der Waals surface area contributed by atoms with Crippen molar-refractivity contribution < 1.29 is 19.1 Å². The van der Waals surface area contributed by atoms with E-state index in [-0.39, 0.29) is 31.2 Å². The largest absolute Gasteiger partial charge is 0.497 e. The summed E-state index contributed by atoms with van der Waals surface area (Å²) in [7, 11) is 1.54. The highest BCUT2D eigenvalue weighted by Crippen LogP contribution is 2.45. The van der Waals surface area contributed by atoms with Gasteiger partial charge >= 0.3 is 0 Å². The van der Waals surface area contributed by atoms with E-state index in [2.05, 4.69) is 11.9 Å². The summed E-state index contributed by atoms with van der Waals surface area (Å²) in [5.74, 6) is -0.346. The molecule has 0 saturated carbocycles. The predicted octanol–water partition coefficient (Wildman–Crippen LogP) is 2.80. The number of methoxy groups -OCH3 is 1. The zero-order chi connectivity index (χ0) is 20.6. The van der Waals surface area contributed by atoms with Crippen LogP contribution >= 0.6 is 0 Å². The highest BCUT2D eigenvalue weighted by molar-refractivity contribution is 6.18. The number of carbonyl (C=O) groups is 3. The van der Waals surface area contributed by atoms with Crippen LogP contribution in [0.25, 0.3) is 0 Å². The van der Waals surface area contributed by atoms with Crippen molar-refractivity contribution in [1.82, 2.24) is 4.90 Å². The van der Waals surface area contributed by atoms with Crippen LogP contribution in [-0.4, -0.2) is 41.9 Å². The molecule has 0 unspecified atom stereocenters. The fourth-order valence-corrected chi connectivity index (χ4v) is 4.10. The number of carbonyl (C=O) groups excluding carboxylic acids is 3. The van der Waals surface area contributed by atoms with Gasteiger partial charge in [0.1, 0.15) is 5.75 Å². The van der Waals surface area contributed by atoms with Crippen LogP contribution in [0.5, 0.6) is 5.75 Å². The van der Waals surface area contributed by atoms with E-state index in [0.717, 1.165) is 0 Å². The van der Waals surface area contributed by atoms with Crippen molar-refractivity contribution in [3.63, 3.8) is 0 Å². The van der Waals surface area contributed by atoms with Gasteiger partial charge in [0.2, 0.25) is 11.6 Å². The fourth-order valence-electron chi connectivity index (χ4n) is 4.10. The summed E-state index contributed by atoms with van der Waals surface area (Å²) in [6.45, 7) is 3.87. The lowest BCUT2D eigenvalue weighted by atomic mass is 9.95. The number of anilines is 2. The number of nitrogens with zero attached hydrogens (tertiary/aromatic N) is 2. The minimum Gasteiger partial charge on any atom is -0.497 e. The van der Waals surface area contributed by atoms with Crippen LogP contribution < -0.4 is 15.0 Å². The molecular weight excluding hydrogens is 370 g/mol. The molecule has 2 aromatic rings. The summed E-state index contributed by atoms with van der Waals surface area (Å²) in [4.78, 5) is 42.6. The van der Waals surface area contributed by atoms with Gasteiger partial charge < -0.3 is 15.0 Å². The van der Waals surface area contributed by atoms with E-state index in [1.54, 1.807) is 61.7 Å². The van der Waals surface area contributed by atoms with E-state index in [0.29, 0.717) is 22.7 Å². The molecule has 0 spiro atoms. The Kier molecular flexibility index (Phi) is 4.58. The van der Waals surface area contributed by atoms with Gasteiger partial charge in [0.15, 0.2) is 0 Å². The van der Waals surface area contributed by atoms with Crippen LogP contribution in [-0.2, 0) is 9.59 Å². The lowest BCUT2D eigenvalue weighted by Gasteiger charge is -2.48. The molecule has 1 N–H and O–H groups in total. The van der Waals surface area contributed by atoms with Crippen LogP contribution in [0.15, 0.2) is 61.2 Å². The Morgan fingerprint density at radius 1 is 1.24 bits per heavy atom. The number of hydrogen-bond acceptors (Lipinski definition) is 4. The molecule has 1 fully saturated rings. The Morgan fingerprint density at radius 2 is 2.03 bits per heavy atom. The molecule has 2 aliphatic rings. The van der Waals surface area contributed by atoms with Crippen molar-refractivity contribution in [3.05, 3.63) is 66.7 Å².